The van der Waals surface area contributed by atoms with Crippen molar-refractivity contribution in [2.24, 2.45) is 11.7 Å². The number of hydrogen-bond donors (Lipinski definition) is 2. The van der Waals surface area contributed by atoms with Gasteiger partial charge in [0.25, 0.3) is 0 Å². The molecule has 0 saturated heterocycles. The first kappa shape index (κ1) is 12.6. The van der Waals surface area contributed by atoms with E-state index in [9.17, 15) is 4.79 Å². The molecule has 0 saturated carbocycles. The molecule has 0 aromatic carbocycles. The molecule has 0 radical (unpaired) electrons. The molecule has 0 aliphatic rings. The average Bonchev–Trinajstić information content (AvgIpc) is 2.35. The smallest absolute Gasteiger partial charge is 0.237 e. The molecule has 0 aliphatic carbocycles. The van der Waals surface area contributed by atoms with Crippen LogP contribution >= 0.6 is 0 Å². The SMILES string of the molecule is CC[C@H](C)[C@@H](N)C(=O)NCc1cccnc1. The Kier molecular flexibility index (Phi) is 4.92. The Morgan fingerprint density at radius 3 is 2.94 bits per heavy atom. The highest BCUT2D eigenvalue weighted by Crippen LogP contribution is 2.05. The molecule has 3 N–H and O–H groups in total. The third-order valence-corrected chi connectivity index (χ3v) is 2.75. The molecule has 4 nitrogen and oxygen atoms in total. The van der Waals surface area contributed by atoms with Crippen molar-refractivity contribution in [1.82, 2.24) is 10.3 Å². The molecule has 1 aromatic heterocycles. The van der Waals surface area contributed by atoms with E-state index in [0.717, 1.165) is 12.0 Å². The highest BCUT2D eigenvalue weighted by Gasteiger charge is 2.18. The molecule has 1 heterocycles. The van der Waals surface area contributed by atoms with Crippen molar-refractivity contribution in [1.29, 1.82) is 0 Å². The van der Waals surface area contributed by atoms with Gasteiger partial charge in [-0.25, -0.2) is 0 Å². The fourth-order valence-electron chi connectivity index (χ4n) is 1.32. The highest BCUT2D eigenvalue weighted by atomic mass is 16.2. The van der Waals surface area contributed by atoms with Crippen LogP contribution in [0.1, 0.15) is 25.8 Å². The number of nitrogens with two attached hydrogens (primary N) is 1. The van der Waals surface area contributed by atoms with E-state index in [0.29, 0.717) is 6.54 Å². The van der Waals surface area contributed by atoms with E-state index >= 15 is 0 Å². The summed E-state index contributed by atoms with van der Waals surface area (Å²) in [6, 6.07) is 3.33. The normalized spacial score (nSPS) is 14.2. The summed E-state index contributed by atoms with van der Waals surface area (Å²) in [5.41, 5.74) is 6.79. The lowest BCUT2D eigenvalue weighted by Gasteiger charge is -2.17. The van der Waals surface area contributed by atoms with E-state index in [-0.39, 0.29) is 11.8 Å². The molecule has 2 atom stereocenters. The van der Waals surface area contributed by atoms with Crippen LogP contribution in [0.15, 0.2) is 24.5 Å². The second kappa shape index (κ2) is 6.23. The standard InChI is InChI=1S/C12H19N3O/c1-3-9(2)11(13)12(16)15-8-10-5-4-6-14-7-10/h4-7,9,11H,3,8,13H2,1-2H3,(H,15,16)/t9-,11+/m0/s1. The minimum atomic E-state index is -0.429. The van der Waals surface area contributed by atoms with Gasteiger partial charge in [-0.1, -0.05) is 26.3 Å². The minimum Gasteiger partial charge on any atom is -0.351 e. The van der Waals surface area contributed by atoms with Crippen molar-refractivity contribution >= 4 is 5.91 Å². The monoisotopic (exact) mass is 221 g/mol. The van der Waals surface area contributed by atoms with Crippen LogP contribution in [0.3, 0.4) is 0 Å². The van der Waals surface area contributed by atoms with Gasteiger partial charge in [0.2, 0.25) is 5.91 Å². The fraction of sp³-hybridized carbons (Fsp3) is 0.500. The Labute approximate surface area is 96.3 Å². The summed E-state index contributed by atoms with van der Waals surface area (Å²) in [4.78, 5) is 15.6. The van der Waals surface area contributed by atoms with E-state index in [1.807, 2.05) is 26.0 Å². The van der Waals surface area contributed by atoms with Gasteiger partial charge in [0, 0.05) is 18.9 Å². The van der Waals surface area contributed by atoms with Crippen LogP contribution in [0.2, 0.25) is 0 Å². The van der Waals surface area contributed by atoms with Gasteiger partial charge in [-0.05, 0) is 17.5 Å². The van der Waals surface area contributed by atoms with E-state index in [1.54, 1.807) is 12.4 Å². The summed E-state index contributed by atoms with van der Waals surface area (Å²) >= 11 is 0. The zero-order chi connectivity index (χ0) is 12.0. The van der Waals surface area contributed by atoms with Gasteiger partial charge in [-0.2, -0.15) is 0 Å². The van der Waals surface area contributed by atoms with E-state index < -0.39 is 6.04 Å². The van der Waals surface area contributed by atoms with Crippen LogP contribution < -0.4 is 11.1 Å². The summed E-state index contributed by atoms with van der Waals surface area (Å²) in [6.07, 6.45) is 4.34. The zero-order valence-electron chi connectivity index (χ0n) is 9.81. The number of nitrogens with zero attached hydrogens (tertiary/aromatic N) is 1. The maximum absolute atomic E-state index is 11.7. The number of aromatic nitrogens is 1. The lowest BCUT2D eigenvalue weighted by Crippen LogP contribution is -2.44. The zero-order valence-corrected chi connectivity index (χ0v) is 9.81. The van der Waals surface area contributed by atoms with Gasteiger partial charge < -0.3 is 11.1 Å². The second-order valence-corrected chi connectivity index (χ2v) is 3.99. The van der Waals surface area contributed by atoms with Crippen molar-refractivity contribution in [3.63, 3.8) is 0 Å². The van der Waals surface area contributed by atoms with Crippen molar-refractivity contribution in [3.8, 4) is 0 Å². The van der Waals surface area contributed by atoms with E-state index in [2.05, 4.69) is 10.3 Å². The summed E-state index contributed by atoms with van der Waals surface area (Å²) in [7, 11) is 0. The predicted octanol–water partition coefficient (Wildman–Crippen LogP) is 1.07. The maximum atomic E-state index is 11.7. The molecule has 0 unspecified atom stereocenters. The number of rotatable bonds is 5. The molecular formula is C12H19N3O. The Hall–Kier alpha value is -1.42. The van der Waals surface area contributed by atoms with Crippen LogP contribution in [0.25, 0.3) is 0 Å². The van der Waals surface area contributed by atoms with E-state index in [4.69, 9.17) is 5.73 Å². The first-order valence-corrected chi connectivity index (χ1v) is 5.57. The van der Waals surface area contributed by atoms with Crippen molar-refractivity contribution in [2.75, 3.05) is 0 Å². The topological polar surface area (TPSA) is 68.0 Å². The largest absolute Gasteiger partial charge is 0.351 e. The molecule has 1 aromatic rings. The number of pyridine rings is 1. The molecule has 16 heavy (non-hydrogen) atoms. The van der Waals surface area contributed by atoms with Crippen molar-refractivity contribution < 1.29 is 4.79 Å². The number of amides is 1. The average molecular weight is 221 g/mol. The molecular weight excluding hydrogens is 202 g/mol. The first-order chi connectivity index (χ1) is 7.65. The number of carbonyl (C=O) groups excluding carboxylic acids is 1. The van der Waals surface area contributed by atoms with Gasteiger partial charge in [-0.15, -0.1) is 0 Å². The van der Waals surface area contributed by atoms with Crippen LogP contribution in [-0.2, 0) is 11.3 Å². The van der Waals surface area contributed by atoms with Crippen LogP contribution in [0, 0.1) is 5.92 Å². The minimum absolute atomic E-state index is 0.0989. The number of nitrogens with one attached hydrogen (secondary N) is 1. The molecule has 0 aliphatic heterocycles. The predicted molar refractivity (Wildman–Crippen MR) is 63.5 cm³/mol. The third-order valence-electron chi connectivity index (χ3n) is 2.75. The Morgan fingerprint density at radius 2 is 2.38 bits per heavy atom. The summed E-state index contributed by atoms with van der Waals surface area (Å²) in [5.74, 6) is 0.104. The third kappa shape index (κ3) is 3.62. The van der Waals surface area contributed by atoms with E-state index in [1.165, 1.54) is 0 Å². The fourth-order valence-corrected chi connectivity index (χ4v) is 1.32. The Balaban J connectivity index is 2.41. The highest BCUT2D eigenvalue weighted by molar-refractivity contribution is 5.81. The summed E-state index contributed by atoms with van der Waals surface area (Å²) in [6.45, 7) is 4.49. The molecule has 0 bridgehead atoms. The number of hydrogen-bond acceptors (Lipinski definition) is 3. The van der Waals surface area contributed by atoms with Crippen LogP contribution in [0.5, 0.6) is 0 Å². The molecule has 0 spiro atoms. The summed E-state index contributed by atoms with van der Waals surface area (Å²) in [5, 5.41) is 2.81. The molecule has 88 valence electrons. The number of carbonyl (C=O) groups is 1. The van der Waals surface area contributed by atoms with Crippen molar-refractivity contribution in [2.45, 2.75) is 32.9 Å². The first-order valence-electron chi connectivity index (χ1n) is 5.57. The molecule has 0 fully saturated rings. The molecule has 1 amide bonds. The Morgan fingerprint density at radius 1 is 1.62 bits per heavy atom. The molecule has 1 rings (SSSR count). The second-order valence-electron chi connectivity index (χ2n) is 3.99. The van der Waals surface area contributed by atoms with Crippen LogP contribution in [-0.4, -0.2) is 16.9 Å². The molecule has 4 heteroatoms. The van der Waals surface area contributed by atoms with Crippen LogP contribution in [0.4, 0.5) is 0 Å². The maximum Gasteiger partial charge on any atom is 0.237 e. The van der Waals surface area contributed by atoms with Gasteiger partial charge in [0.1, 0.15) is 0 Å². The Bertz CT molecular complexity index is 326. The van der Waals surface area contributed by atoms with Crippen molar-refractivity contribution in [3.05, 3.63) is 30.1 Å². The van der Waals surface area contributed by atoms with Gasteiger partial charge >= 0.3 is 0 Å². The quantitative estimate of drug-likeness (QED) is 0.781. The lowest BCUT2D eigenvalue weighted by atomic mass is 9.99. The van der Waals surface area contributed by atoms with Gasteiger partial charge in [-0.3, -0.25) is 9.78 Å². The lowest BCUT2D eigenvalue weighted by molar-refractivity contribution is -0.123. The van der Waals surface area contributed by atoms with Gasteiger partial charge in [0.15, 0.2) is 0 Å². The van der Waals surface area contributed by atoms with Gasteiger partial charge in [0.05, 0.1) is 6.04 Å². The summed E-state index contributed by atoms with van der Waals surface area (Å²) < 4.78 is 0.